The number of hydrogen-bond acceptors (Lipinski definition) is 5. The zero-order chi connectivity index (χ0) is 9.84. The van der Waals surface area contributed by atoms with E-state index >= 15 is 0 Å². The molecule has 0 aromatic heterocycles. The summed E-state index contributed by atoms with van der Waals surface area (Å²) in [7, 11) is 0. The van der Waals surface area contributed by atoms with Gasteiger partial charge in [0, 0.05) is 6.07 Å². The second kappa shape index (κ2) is 3.83. The van der Waals surface area contributed by atoms with Gasteiger partial charge in [0.25, 0.3) is 5.69 Å². The average molecular weight is 184 g/mol. The third-order valence-corrected chi connectivity index (χ3v) is 1.63. The van der Waals surface area contributed by atoms with Crippen LogP contribution in [0.4, 0.5) is 11.4 Å². The van der Waals surface area contributed by atoms with Crippen LogP contribution < -0.4 is 5.48 Å². The van der Waals surface area contributed by atoms with E-state index in [0.717, 1.165) is 0 Å². The number of rotatable bonds is 3. The van der Waals surface area contributed by atoms with Gasteiger partial charge in [-0.1, -0.05) is 6.07 Å². The molecule has 0 amide bonds. The first-order valence-corrected chi connectivity index (χ1v) is 3.48. The van der Waals surface area contributed by atoms with Crippen molar-refractivity contribution >= 4 is 11.4 Å². The zero-order valence-corrected chi connectivity index (χ0v) is 6.60. The molecule has 0 aliphatic heterocycles. The minimum atomic E-state index is -0.619. The minimum Gasteiger partial charge on any atom is -0.391 e. The summed E-state index contributed by atoms with van der Waals surface area (Å²) in [6.45, 7) is -0.500. The van der Waals surface area contributed by atoms with Gasteiger partial charge in [0.05, 0.1) is 22.8 Å². The SMILES string of the molecule is O=[N+]([O-])c1cccc(NO)c1CO. The highest BCUT2D eigenvalue weighted by atomic mass is 16.6. The van der Waals surface area contributed by atoms with Gasteiger partial charge in [0.2, 0.25) is 0 Å². The maximum absolute atomic E-state index is 10.4. The molecule has 1 aromatic rings. The maximum atomic E-state index is 10.4. The number of nitro benzene ring substituents is 1. The molecule has 1 aromatic carbocycles. The van der Waals surface area contributed by atoms with Crippen LogP contribution in [0.2, 0.25) is 0 Å². The third-order valence-electron chi connectivity index (χ3n) is 1.63. The van der Waals surface area contributed by atoms with Crippen molar-refractivity contribution in [2.24, 2.45) is 0 Å². The summed E-state index contributed by atoms with van der Waals surface area (Å²) in [4.78, 5) is 9.82. The number of anilines is 1. The Balaban J connectivity index is 3.27. The predicted octanol–water partition coefficient (Wildman–Crippen LogP) is 0.888. The van der Waals surface area contributed by atoms with Crippen molar-refractivity contribution in [3.05, 3.63) is 33.9 Å². The molecule has 0 bridgehead atoms. The lowest BCUT2D eigenvalue weighted by Gasteiger charge is -2.04. The summed E-state index contributed by atoms with van der Waals surface area (Å²) in [5, 5.41) is 27.8. The van der Waals surface area contributed by atoms with Gasteiger partial charge < -0.3 is 5.11 Å². The van der Waals surface area contributed by atoms with E-state index in [2.05, 4.69) is 0 Å². The van der Waals surface area contributed by atoms with E-state index in [0.29, 0.717) is 0 Å². The van der Waals surface area contributed by atoms with Gasteiger partial charge in [0.15, 0.2) is 0 Å². The molecule has 0 saturated heterocycles. The number of benzene rings is 1. The van der Waals surface area contributed by atoms with Crippen LogP contribution in [-0.2, 0) is 6.61 Å². The number of aliphatic hydroxyl groups is 1. The fourth-order valence-corrected chi connectivity index (χ4v) is 1.02. The van der Waals surface area contributed by atoms with Crippen LogP contribution in [0.3, 0.4) is 0 Å². The Bertz CT molecular complexity index is 326. The van der Waals surface area contributed by atoms with Crippen LogP contribution in [-0.4, -0.2) is 15.2 Å². The van der Waals surface area contributed by atoms with Crippen molar-refractivity contribution in [2.75, 3.05) is 5.48 Å². The summed E-state index contributed by atoms with van der Waals surface area (Å²) < 4.78 is 0. The van der Waals surface area contributed by atoms with E-state index in [-0.39, 0.29) is 16.9 Å². The maximum Gasteiger partial charge on any atom is 0.277 e. The van der Waals surface area contributed by atoms with Gasteiger partial charge >= 0.3 is 0 Å². The number of nitrogens with one attached hydrogen (secondary N) is 1. The molecule has 0 saturated carbocycles. The highest BCUT2D eigenvalue weighted by Crippen LogP contribution is 2.25. The van der Waals surface area contributed by atoms with Crippen molar-refractivity contribution in [1.82, 2.24) is 0 Å². The second-order valence-electron chi connectivity index (χ2n) is 2.33. The first kappa shape index (κ1) is 9.43. The molecule has 0 fully saturated rings. The topological polar surface area (TPSA) is 95.6 Å². The standard InChI is InChI=1S/C7H8N2O4/c10-4-5-6(8-11)2-1-3-7(5)9(12)13/h1-3,8,10-11H,4H2. The second-order valence-corrected chi connectivity index (χ2v) is 2.33. The van der Waals surface area contributed by atoms with E-state index in [1.54, 1.807) is 5.48 Å². The van der Waals surface area contributed by atoms with Gasteiger partial charge in [-0.15, -0.1) is 0 Å². The van der Waals surface area contributed by atoms with Crippen molar-refractivity contribution in [3.63, 3.8) is 0 Å². The van der Waals surface area contributed by atoms with Gasteiger partial charge in [-0.3, -0.25) is 20.8 Å². The molecule has 0 heterocycles. The summed E-state index contributed by atoms with van der Waals surface area (Å²) in [5.74, 6) is 0. The van der Waals surface area contributed by atoms with Crippen LogP contribution in [0, 0.1) is 10.1 Å². The van der Waals surface area contributed by atoms with Gasteiger partial charge in [-0.2, -0.15) is 0 Å². The zero-order valence-electron chi connectivity index (χ0n) is 6.60. The van der Waals surface area contributed by atoms with Crippen molar-refractivity contribution in [3.8, 4) is 0 Å². The van der Waals surface area contributed by atoms with Crippen LogP contribution in [0.5, 0.6) is 0 Å². The fraction of sp³-hybridized carbons (Fsp3) is 0.143. The molecule has 0 aliphatic rings. The van der Waals surface area contributed by atoms with E-state index in [4.69, 9.17) is 10.3 Å². The largest absolute Gasteiger partial charge is 0.391 e. The third kappa shape index (κ3) is 1.74. The monoisotopic (exact) mass is 184 g/mol. The fourth-order valence-electron chi connectivity index (χ4n) is 1.02. The summed E-state index contributed by atoms with van der Waals surface area (Å²) in [6, 6.07) is 4.10. The van der Waals surface area contributed by atoms with E-state index in [1.807, 2.05) is 0 Å². The molecular weight excluding hydrogens is 176 g/mol. The first-order valence-electron chi connectivity index (χ1n) is 3.48. The lowest BCUT2D eigenvalue weighted by molar-refractivity contribution is -0.385. The highest BCUT2D eigenvalue weighted by Gasteiger charge is 2.15. The number of aliphatic hydroxyl groups excluding tert-OH is 1. The van der Waals surface area contributed by atoms with E-state index in [1.165, 1.54) is 18.2 Å². The Hall–Kier alpha value is -1.66. The molecule has 0 atom stereocenters. The summed E-state index contributed by atoms with van der Waals surface area (Å²) in [6.07, 6.45) is 0. The highest BCUT2D eigenvalue weighted by molar-refractivity contribution is 5.58. The van der Waals surface area contributed by atoms with Gasteiger partial charge in [-0.05, 0) is 6.07 Å². The van der Waals surface area contributed by atoms with Crippen molar-refractivity contribution < 1.29 is 15.2 Å². The van der Waals surface area contributed by atoms with E-state index in [9.17, 15) is 10.1 Å². The Kier molecular flexibility index (Phi) is 2.78. The van der Waals surface area contributed by atoms with Crippen LogP contribution in [0.25, 0.3) is 0 Å². The van der Waals surface area contributed by atoms with Crippen LogP contribution in [0.1, 0.15) is 5.56 Å². The minimum absolute atomic E-state index is 0.0648. The molecule has 0 aliphatic carbocycles. The molecule has 0 radical (unpaired) electrons. The van der Waals surface area contributed by atoms with Gasteiger partial charge in [-0.25, -0.2) is 0 Å². The van der Waals surface area contributed by atoms with E-state index < -0.39 is 11.5 Å². The lowest BCUT2D eigenvalue weighted by atomic mass is 10.1. The molecule has 3 N–H and O–H groups in total. The lowest BCUT2D eigenvalue weighted by Crippen LogP contribution is -2.00. The average Bonchev–Trinajstić information content (AvgIpc) is 2.16. The van der Waals surface area contributed by atoms with Crippen LogP contribution >= 0.6 is 0 Å². The van der Waals surface area contributed by atoms with Crippen molar-refractivity contribution in [2.45, 2.75) is 6.61 Å². The number of hydrogen-bond donors (Lipinski definition) is 3. The van der Waals surface area contributed by atoms with Crippen LogP contribution in [0.15, 0.2) is 18.2 Å². The molecule has 6 nitrogen and oxygen atoms in total. The number of nitrogens with zero attached hydrogens (tertiary/aromatic N) is 1. The smallest absolute Gasteiger partial charge is 0.277 e. The molecule has 0 unspecified atom stereocenters. The molecular formula is C7H8N2O4. The van der Waals surface area contributed by atoms with Crippen molar-refractivity contribution in [1.29, 1.82) is 0 Å². The predicted molar refractivity (Wildman–Crippen MR) is 44.4 cm³/mol. The Morgan fingerprint density at radius 1 is 1.54 bits per heavy atom. The molecule has 13 heavy (non-hydrogen) atoms. The number of nitro groups is 1. The normalized spacial score (nSPS) is 9.69. The van der Waals surface area contributed by atoms with Gasteiger partial charge in [0.1, 0.15) is 0 Å². The summed E-state index contributed by atoms with van der Waals surface area (Å²) in [5.41, 5.74) is 1.76. The first-order chi connectivity index (χ1) is 6.20. The Morgan fingerprint density at radius 3 is 2.69 bits per heavy atom. The molecule has 1 rings (SSSR count). The molecule has 0 spiro atoms. The molecule has 70 valence electrons. The summed E-state index contributed by atoms with van der Waals surface area (Å²) >= 11 is 0. The molecule has 6 heteroatoms. The Morgan fingerprint density at radius 2 is 2.23 bits per heavy atom. The quantitative estimate of drug-likeness (QED) is 0.478. The Labute approximate surface area is 73.5 Å².